The predicted molar refractivity (Wildman–Crippen MR) is 140 cm³/mol. The van der Waals surface area contributed by atoms with Crippen LogP contribution in [0, 0.1) is 38.7 Å². The molecule has 0 bridgehead atoms. The number of allylic oxidation sites excluding steroid dienone is 1. The van der Waals surface area contributed by atoms with Crippen molar-refractivity contribution < 1.29 is 33.6 Å². The Morgan fingerprint density at radius 1 is 1.00 bits per heavy atom. The number of esters is 2. The number of nitrogens with zero attached hydrogens (tertiary/aromatic N) is 1. The van der Waals surface area contributed by atoms with Gasteiger partial charge >= 0.3 is 11.9 Å². The number of nitro benzene ring substituents is 1. The van der Waals surface area contributed by atoms with Gasteiger partial charge in [0, 0.05) is 24.0 Å². The molecule has 4 aliphatic carbocycles. The highest BCUT2D eigenvalue weighted by Crippen LogP contribution is 2.68. The molecule has 0 saturated heterocycles. The summed E-state index contributed by atoms with van der Waals surface area (Å²) in [5.74, 6) is -0.516. The van der Waals surface area contributed by atoms with Gasteiger partial charge in [0.15, 0.2) is 23.8 Å². The quantitative estimate of drug-likeness (QED) is 0.277. The highest BCUT2D eigenvalue weighted by molar-refractivity contribution is 5.93. The number of hydrogen-bond acceptors (Lipinski definition) is 8. The smallest absolute Gasteiger partial charge is 0.345 e. The second-order valence-electron chi connectivity index (χ2n) is 12.2. The fraction of sp³-hybridized carbons (Fsp3) is 0.600. The first-order chi connectivity index (χ1) is 18.4. The van der Waals surface area contributed by atoms with Crippen LogP contribution in [0.5, 0.6) is 0 Å². The van der Waals surface area contributed by atoms with E-state index in [4.69, 9.17) is 9.47 Å². The Morgan fingerprint density at radius 2 is 1.69 bits per heavy atom. The molecule has 0 heterocycles. The highest BCUT2D eigenvalue weighted by atomic mass is 16.6. The summed E-state index contributed by atoms with van der Waals surface area (Å²) >= 11 is 0. The molecule has 1 aromatic rings. The van der Waals surface area contributed by atoms with Crippen LogP contribution in [0.25, 0.3) is 0 Å². The second-order valence-corrected chi connectivity index (χ2v) is 12.2. The number of rotatable bonds is 6. The van der Waals surface area contributed by atoms with Gasteiger partial charge in [0.2, 0.25) is 0 Å². The van der Waals surface area contributed by atoms with Crippen molar-refractivity contribution in [2.45, 2.75) is 77.7 Å². The van der Waals surface area contributed by atoms with Crippen molar-refractivity contribution in [1.29, 1.82) is 0 Å². The molecule has 9 nitrogen and oxygen atoms in total. The van der Waals surface area contributed by atoms with Crippen molar-refractivity contribution in [2.24, 2.45) is 28.6 Å². The molecule has 0 N–H and O–H groups in total. The van der Waals surface area contributed by atoms with E-state index >= 15 is 0 Å². The lowest BCUT2D eigenvalue weighted by molar-refractivity contribution is -0.384. The number of hydrogen-bond donors (Lipinski definition) is 0. The summed E-state index contributed by atoms with van der Waals surface area (Å²) in [5, 5.41) is 10.8. The zero-order valence-corrected chi connectivity index (χ0v) is 22.7. The number of carbonyl (C=O) groups is 4. The summed E-state index contributed by atoms with van der Waals surface area (Å²) in [5.41, 5.74) is -0.615. The molecule has 0 radical (unpaired) electrons. The second kappa shape index (κ2) is 9.68. The van der Waals surface area contributed by atoms with Gasteiger partial charge in [0.05, 0.1) is 10.5 Å². The van der Waals surface area contributed by atoms with Crippen LogP contribution in [0.3, 0.4) is 0 Å². The average molecular weight is 538 g/mol. The normalized spacial score (nSPS) is 35.1. The van der Waals surface area contributed by atoms with E-state index in [-0.39, 0.29) is 34.2 Å². The Hall–Kier alpha value is -3.36. The lowest BCUT2D eigenvalue weighted by Gasteiger charge is -2.59. The molecule has 208 valence electrons. The highest BCUT2D eigenvalue weighted by Gasteiger charge is 2.67. The Morgan fingerprint density at radius 3 is 2.36 bits per heavy atom. The molecular formula is C30H35NO8. The number of non-ortho nitro benzene ring substituents is 1. The van der Waals surface area contributed by atoms with Crippen molar-refractivity contribution in [3.05, 3.63) is 51.6 Å². The van der Waals surface area contributed by atoms with Crippen molar-refractivity contribution >= 4 is 29.2 Å². The molecule has 9 heteroatoms. The minimum Gasteiger partial charge on any atom is -0.450 e. The van der Waals surface area contributed by atoms with Gasteiger partial charge in [0.1, 0.15) is 0 Å². The molecule has 4 aliphatic rings. The van der Waals surface area contributed by atoms with Gasteiger partial charge in [-0.2, -0.15) is 0 Å². The Balaban J connectivity index is 1.30. The van der Waals surface area contributed by atoms with Gasteiger partial charge in [-0.1, -0.05) is 19.4 Å². The van der Waals surface area contributed by atoms with E-state index in [0.717, 1.165) is 38.5 Å². The molecule has 0 aromatic heterocycles. The topological polar surface area (TPSA) is 130 Å². The Bertz CT molecular complexity index is 1270. The number of carbonyl (C=O) groups excluding carboxylic acids is 4. The number of ketones is 2. The van der Waals surface area contributed by atoms with Gasteiger partial charge in [-0.05, 0) is 93.2 Å². The van der Waals surface area contributed by atoms with Gasteiger partial charge in [0.25, 0.3) is 5.69 Å². The van der Waals surface area contributed by atoms with E-state index in [9.17, 15) is 29.3 Å². The standard InChI is InChI=1S/C30H35NO8/c1-18(32)30(39-26(34)17-38-27(35)19-4-7-21(8-5-19)31(36)37)15-12-25-23-9-6-20-16-22(33)10-13-28(20,2)24(23)11-14-29(25,30)3/h4-5,7-8,16,23-25H,6,9-15,17H2,1-3H3. The van der Waals surface area contributed by atoms with E-state index in [1.165, 1.54) is 36.8 Å². The minimum atomic E-state index is -1.28. The van der Waals surface area contributed by atoms with E-state index in [2.05, 4.69) is 13.8 Å². The number of Topliss-reactive ketones (excluding diaryl/α,β-unsaturated/α-hetero) is 1. The molecule has 1 aromatic carbocycles. The number of fused-ring (bicyclic) bond motifs is 5. The van der Waals surface area contributed by atoms with Crippen LogP contribution in [0.2, 0.25) is 0 Å². The lowest BCUT2D eigenvalue weighted by Crippen LogP contribution is -2.59. The summed E-state index contributed by atoms with van der Waals surface area (Å²) in [7, 11) is 0. The summed E-state index contributed by atoms with van der Waals surface area (Å²) in [6.45, 7) is 5.21. The molecule has 0 spiro atoms. The molecule has 6 unspecified atom stereocenters. The molecule has 3 fully saturated rings. The van der Waals surface area contributed by atoms with Crippen LogP contribution >= 0.6 is 0 Å². The van der Waals surface area contributed by atoms with Crippen LogP contribution in [0.1, 0.15) is 82.5 Å². The van der Waals surface area contributed by atoms with E-state index in [0.29, 0.717) is 24.7 Å². The van der Waals surface area contributed by atoms with Crippen LogP contribution in [0.15, 0.2) is 35.9 Å². The molecule has 0 amide bonds. The fourth-order valence-electron chi connectivity index (χ4n) is 8.53. The van der Waals surface area contributed by atoms with Crippen LogP contribution in [-0.2, 0) is 23.9 Å². The first kappa shape index (κ1) is 27.2. The summed E-state index contributed by atoms with van der Waals surface area (Å²) in [6, 6.07) is 4.89. The lowest BCUT2D eigenvalue weighted by atomic mass is 9.46. The van der Waals surface area contributed by atoms with Crippen molar-refractivity contribution in [2.75, 3.05) is 6.61 Å². The molecule has 39 heavy (non-hydrogen) atoms. The largest absolute Gasteiger partial charge is 0.450 e. The Kier molecular flexibility index (Phi) is 6.75. The van der Waals surface area contributed by atoms with Crippen molar-refractivity contribution in [3.63, 3.8) is 0 Å². The maximum atomic E-state index is 13.2. The van der Waals surface area contributed by atoms with E-state index < -0.39 is 34.5 Å². The Labute approximate surface area is 227 Å². The minimum absolute atomic E-state index is 0.00236. The number of benzene rings is 1. The maximum absolute atomic E-state index is 13.2. The van der Waals surface area contributed by atoms with Crippen LogP contribution in [-0.4, -0.2) is 40.6 Å². The molecule has 6 atom stereocenters. The van der Waals surface area contributed by atoms with Crippen molar-refractivity contribution in [3.8, 4) is 0 Å². The summed E-state index contributed by atoms with van der Waals surface area (Å²) < 4.78 is 11.1. The van der Waals surface area contributed by atoms with Gasteiger partial charge < -0.3 is 9.47 Å². The average Bonchev–Trinajstić information content (AvgIpc) is 3.20. The van der Waals surface area contributed by atoms with E-state index in [1.807, 2.05) is 6.08 Å². The van der Waals surface area contributed by atoms with Crippen LogP contribution in [0.4, 0.5) is 5.69 Å². The zero-order valence-electron chi connectivity index (χ0n) is 22.7. The predicted octanol–water partition coefficient (Wildman–Crippen LogP) is 5.15. The number of ether oxygens (including phenoxy) is 2. The number of nitro groups is 1. The summed E-state index contributed by atoms with van der Waals surface area (Å²) in [4.78, 5) is 61.0. The maximum Gasteiger partial charge on any atom is 0.345 e. The van der Waals surface area contributed by atoms with E-state index in [1.54, 1.807) is 0 Å². The van der Waals surface area contributed by atoms with Gasteiger partial charge in [-0.3, -0.25) is 19.7 Å². The van der Waals surface area contributed by atoms with Crippen molar-refractivity contribution in [1.82, 2.24) is 0 Å². The third-order valence-corrected chi connectivity index (χ3v) is 10.6. The monoisotopic (exact) mass is 537 g/mol. The molecule has 5 rings (SSSR count). The van der Waals surface area contributed by atoms with Gasteiger partial charge in [-0.25, -0.2) is 9.59 Å². The van der Waals surface area contributed by atoms with Gasteiger partial charge in [-0.15, -0.1) is 0 Å². The molecular weight excluding hydrogens is 502 g/mol. The first-order valence-electron chi connectivity index (χ1n) is 13.8. The molecule has 3 saturated carbocycles. The zero-order chi connectivity index (χ0) is 28.2. The summed E-state index contributed by atoms with van der Waals surface area (Å²) in [6.07, 6.45) is 8.05. The first-order valence-corrected chi connectivity index (χ1v) is 13.8. The SMILES string of the molecule is CC(=O)C1(OC(=O)COC(=O)c2ccc([N+](=O)[O-])cc2)CCC2C3CCC4=CC(=O)CCC4(C)C3CCC21C. The molecule has 0 aliphatic heterocycles. The third kappa shape index (κ3) is 4.30. The fourth-order valence-corrected chi connectivity index (χ4v) is 8.53. The third-order valence-electron chi connectivity index (χ3n) is 10.6. The van der Waals surface area contributed by atoms with Crippen LogP contribution < -0.4 is 0 Å².